The third kappa shape index (κ3) is 11.4. The summed E-state index contributed by atoms with van der Waals surface area (Å²) in [6, 6.07) is 0.255. The minimum Gasteiger partial charge on any atom is -0.383 e. The van der Waals surface area contributed by atoms with Crippen molar-refractivity contribution in [2.75, 3.05) is 13.7 Å². The topological polar surface area (TPSA) is 47.3 Å². The number of hydrazine groups is 1. The molecule has 0 heterocycles. The van der Waals surface area contributed by atoms with Crippen LogP contribution in [0.1, 0.15) is 20.8 Å². The van der Waals surface area contributed by atoms with Gasteiger partial charge in [-0.2, -0.15) is 0 Å². The van der Waals surface area contributed by atoms with Gasteiger partial charge in [-0.15, -0.1) is 0 Å². The van der Waals surface area contributed by atoms with Crippen LogP contribution in [0.4, 0.5) is 0 Å². The molecule has 0 aromatic rings. The van der Waals surface area contributed by atoms with Gasteiger partial charge in [0.15, 0.2) is 0 Å². The minimum absolute atomic E-state index is 0.255. The Morgan fingerprint density at radius 2 is 2.00 bits per heavy atom. The van der Waals surface area contributed by atoms with E-state index >= 15 is 0 Å². The predicted molar refractivity (Wildman–Crippen MR) is 40.0 cm³/mol. The van der Waals surface area contributed by atoms with Gasteiger partial charge in [-0.3, -0.25) is 11.3 Å². The lowest BCUT2D eigenvalue weighted by molar-refractivity contribution is 0.172. The molecular weight excluding hydrogens is 116 g/mol. The van der Waals surface area contributed by atoms with Crippen LogP contribution < -0.4 is 11.3 Å². The summed E-state index contributed by atoms with van der Waals surface area (Å²) in [6.45, 7) is 6.61. The van der Waals surface area contributed by atoms with Gasteiger partial charge < -0.3 is 4.74 Å². The summed E-state index contributed by atoms with van der Waals surface area (Å²) in [4.78, 5) is 0. The molecule has 0 rings (SSSR count). The molecule has 0 aromatic carbocycles. The van der Waals surface area contributed by atoms with Gasteiger partial charge in [0.05, 0.1) is 6.61 Å². The normalized spacial score (nSPS) is 11.7. The van der Waals surface area contributed by atoms with Gasteiger partial charge in [-0.1, -0.05) is 13.8 Å². The SMILES string of the molecule is CC.COCC(C)NN. The summed E-state index contributed by atoms with van der Waals surface area (Å²) in [5.41, 5.74) is 2.54. The number of ether oxygens (including phenoxy) is 1. The first-order valence-corrected chi connectivity index (χ1v) is 3.26. The molecule has 0 radical (unpaired) electrons. The van der Waals surface area contributed by atoms with Crippen LogP contribution in [0.2, 0.25) is 0 Å². The summed E-state index contributed by atoms with van der Waals surface area (Å²) < 4.78 is 4.75. The van der Waals surface area contributed by atoms with Crippen molar-refractivity contribution in [1.29, 1.82) is 0 Å². The monoisotopic (exact) mass is 134 g/mol. The number of hydrogen-bond donors (Lipinski definition) is 2. The van der Waals surface area contributed by atoms with Crippen LogP contribution in [-0.4, -0.2) is 19.8 Å². The van der Waals surface area contributed by atoms with Crippen LogP contribution in [-0.2, 0) is 4.74 Å². The lowest BCUT2D eigenvalue weighted by atomic mass is 10.4. The first-order valence-electron chi connectivity index (χ1n) is 3.26. The summed E-state index contributed by atoms with van der Waals surface area (Å²) in [5, 5.41) is 0. The van der Waals surface area contributed by atoms with Crippen molar-refractivity contribution in [1.82, 2.24) is 5.43 Å². The number of rotatable bonds is 3. The molecule has 0 aliphatic heterocycles. The number of nitrogens with one attached hydrogen (secondary N) is 1. The van der Waals surface area contributed by atoms with E-state index in [2.05, 4.69) is 5.43 Å². The highest BCUT2D eigenvalue weighted by atomic mass is 16.5. The van der Waals surface area contributed by atoms with E-state index in [1.54, 1.807) is 7.11 Å². The van der Waals surface area contributed by atoms with Gasteiger partial charge in [0, 0.05) is 13.2 Å². The second-order valence-corrected chi connectivity index (χ2v) is 1.52. The van der Waals surface area contributed by atoms with Crippen molar-refractivity contribution < 1.29 is 4.74 Å². The first kappa shape index (κ1) is 11.6. The molecule has 0 fully saturated rings. The van der Waals surface area contributed by atoms with E-state index in [9.17, 15) is 0 Å². The molecule has 3 nitrogen and oxygen atoms in total. The van der Waals surface area contributed by atoms with Gasteiger partial charge >= 0.3 is 0 Å². The molecule has 0 aromatic heterocycles. The molecule has 1 unspecified atom stereocenters. The average Bonchev–Trinajstić information content (AvgIpc) is 1.93. The maximum atomic E-state index is 5.03. The van der Waals surface area contributed by atoms with Crippen molar-refractivity contribution in [2.45, 2.75) is 26.8 Å². The Hall–Kier alpha value is -0.120. The lowest BCUT2D eigenvalue weighted by Gasteiger charge is -2.05. The van der Waals surface area contributed by atoms with E-state index in [4.69, 9.17) is 10.6 Å². The third-order valence-electron chi connectivity index (χ3n) is 0.701. The fourth-order valence-corrected chi connectivity index (χ4v) is 0.298. The van der Waals surface area contributed by atoms with E-state index in [-0.39, 0.29) is 6.04 Å². The van der Waals surface area contributed by atoms with Gasteiger partial charge in [-0.25, -0.2) is 0 Å². The summed E-state index contributed by atoms with van der Waals surface area (Å²) >= 11 is 0. The quantitative estimate of drug-likeness (QED) is 0.437. The van der Waals surface area contributed by atoms with Crippen LogP contribution in [0, 0.1) is 0 Å². The molecule has 0 amide bonds. The minimum atomic E-state index is 0.255. The zero-order valence-electron chi connectivity index (χ0n) is 6.77. The van der Waals surface area contributed by atoms with Gasteiger partial charge in [-0.05, 0) is 6.92 Å². The molecule has 3 N–H and O–H groups in total. The highest BCUT2D eigenvalue weighted by molar-refractivity contribution is 4.49. The molecule has 3 heteroatoms. The molecule has 1 atom stereocenters. The van der Waals surface area contributed by atoms with Crippen molar-refractivity contribution in [3.05, 3.63) is 0 Å². The van der Waals surface area contributed by atoms with E-state index < -0.39 is 0 Å². The zero-order valence-corrected chi connectivity index (χ0v) is 6.77. The highest BCUT2D eigenvalue weighted by Crippen LogP contribution is 1.75. The second kappa shape index (κ2) is 10.8. The highest BCUT2D eigenvalue weighted by Gasteiger charge is 1.92. The van der Waals surface area contributed by atoms with Crippen molar-refractivity contribution in [2.24, 2.45) is 5.84 Å². The van der Waals surface area contributed by atoms with E-state index in [1.807, 2.05) is 20.8 Å². The van der Waals surface area contributed by atoms with Crippen molar-refractivity contribution in [3.63, 3.8) is 0 Å². The second-order valence-electron chi connectivity index (χ2n) is 1.52. The van der Waals surface area contributed by atoms with Gasteiger partial charge in [0.1, 0.15) is 0 Å². The molecule has 9 heavy (non-hydrogen) atoms. The maximum Gasteiger partial charge on any atom is 0.0626 e. The molecule has 0 saturated carbocycles. The van der Waals surface area contributed by atoms with E-state index in [1.165, 1.54) is 0 Å². The Balaban J connectivity index is 0. The first-order chi connectivity index (χ1) is 4.31. The Morgan fingerprint density at radius 1 is 1.56 bits per heavy atom. The lowest BCUT2D eigenvalue weighted by Crippen LogP contribution is -2.35. The molecule has 0 aliphatic carbocycles. The number of hydrogen-bond acceptors (Lipinski definition) is 3. The fourth-order valence-electron chi connectivity index (χ4n) is 0.298. The summed E-state index contributed by atoms with van der Waals surface area (Å²) in [7, 11) is 1.65. The van der Waals surface area contributed by atoms with E-state index in [0.717, 1.165) is 0 Å². The van der Waals surface area contributed by atoms with Crippen LogP contribution in [0.25, 0.3) is 0 Å². The van der Waals surface area contributed by atoms with Crippen LogP contribution in [0.3, 0.4) is 0 Å². The van der Waals surface area contributed by atoms with Gasteiger partial charge in [0.25, 0.3) is 0 Å². The van der Waals surface area contributed by atoms with Crippen LogP contribution >= 0.6 is 0 Å². The Labute approximate surface area is 57.5 Å². The molecular formula is C6H18N2O. The number of methoxy groups -OCH3 is 1. The molecule has 0 aliphatic rings. The summed E-state index contributed by atoms with van der Waals surface area (Å²) in [6.07, 6.45) is 0. The zero-order chi connectivity index (χ0) is 7.70. The largest absolute Gasteiger partial charge is 0.383 e. The molecule has 0 saturated heterocycles. The average molecular weight is 134 g/mol. The Kier molecular flexibility index (Phi) is 14.0. The number of nitrogens with two attached hydrogens (primary N) is 1. The van der Waals surface area contributed by atoms with Crippen LogP contribution in [0.5, 0.6) is 0 Å². The fraction of sp³-hybridized carbons (Fsp3) is 1.00. The van der Waals surface area contributed by atoms with Crippen LogP contribution in [0.15, 0.2) is 0 Å². The molecule has 58 valence electrons. The van der Waals surface area contributed by atoms with Gasteiger partial charge in [0.2, 0.25) is 0 Å². The van der Waals surface area contributed by atoms with Crippen molar-refractivity contribution in [3.8, 4) is 0 Å². The van der Waals surface area contributed by atoms with E-state index in [0.29, 0.717) is 6.61 Å². The molecule has 0 bridgehead atoms. The standard InChI is InChI=1S/C4H12N2O.C2H6/c1-4(6-5)3-7-2;1-2/h4,6H,3,5H2,1-2H3;1-2H3. The maximum absolute atomic E-state index is 5.03. The summed E-state index contributed by atoms with van der Waals surface area (Å²) in [5.74, 6) is 5.03. The predicted octanol–water partition coefficient (Wildman–Crippen LogP) is 0.511. The molecule has 0 spiro atoms. The Morgan fingerprint density at radius 3 is 2.11 bits per heavy atom. The smallest absolute Gasteiger partial charge is 0.0626 e. The third-order valence-corrected chi connectivity index (χ3v) is 0.701. The van der Waals surface area contributed by atoms with Crippen molar-refractivity contribution >= 4 is 0 Å². The Bertz CT molecular complexity index is 42.0.